The molecule has 0 heteroatoms. The molecule has 0 aromatic heterocycles. The minimum Gasteiger partial charge on any atom is -0.0985 e. The molecule has 0 aliphatic heterocycles. The number of hydrogen-bond acceptors (Lipinski definition) is 0. The van der Waals surface area contributed by atoms with Gasteiger partial charge in [-0.05, 0) is 17.6 Å². The van der Waals surface area contributed by atoms with Crippen LogP contribution in [0.2, 0.25) is 0 Å². The van der Waals surface area contributed by atoms with Crippen molar-refractivity contribution in [3.63, 3.8) is 0 Å². The molecular weight excluding hydrogens is 120 g/mol. The summed E-state index contributed by atoms with van der Waals surface area (Å²) in [7, 11) is 0. The monoisotopic (exact) mass is 134 g/mol. The van der Waals surface area contributed by atoms with Gasteiger partial charge in [-0.2, -0.15) is 0 Å². The summed E-state index contributed by atoms with van der Waals surface area (Å²) in [4.78, 5) is 0. The first-order valence-corrected chi connectivity index (χ1v) is 3.40. The molecule has 10 heavy (non-hydrogen) atoms. The highest BCUT2D eigenvalue weighted by atomic mass is 13.9. The van der Waals surface area contributed by atoms with Crippen molar-refractivity contribution in [2.24, 2.45) is 0 Å². The van der Waals surface area contributed by atoms with Gasteiger partial charge in [-0.3, -0.25) is 0 Å². The van der Waals surface area contributed by atoms with Crippen LogP contribution in [0.1, 0.15) is 13.3 Å². The van der Waals surface area contributed by atoms with Gasteiger partial charge in [-0.15, -0.1) is 0 Å². The Labute approximate surface area is 63.3 Å². The molecule has 0 aromatic carbocycles. The molecule has 0 atom stereocenters. The third-order valence-electron chi connectivity index (χ3n) is 1.26. The summed E-state index contributed by atoms with van der Waals surface area (Å²) >= 11 is 0. The Morgan fingerprint density at radius 2 is 1.90 bits per heavy atom. The van der Waals surface area contributed by atoms with Gasteiger partial charge in [0.25, 0.3) is 0 Å². The van der Waals surface area contributed by atoms with E-state index >= 15 is 0 Å². The molecule has 0 fully saturated rings. The van der Waals surface area contributed by atoms with Crippen LogP contribution in [0, 0.1) is 0 Å². The van der Waals surface area contributed by atoms with Crippen molar-refractivity contribution in [2.75, 3.05) is 0 Å². The van der Waals surface area contributed by atoms with Gasteiger partial charge in [-0.1, -0.05) is 44.9 Å². The molecule has 0 spiro atoms. The molecule has 0 rings (SSSR count). The zero-order valence-corrected chi connectivity index (χ0v) is 6.56. The molecule has 0 radical (unpaired) electrons. The Bertz CT molecular complexity index is 170. The average molecular weight is 134 g/mol. The molecule has 0 heterocycles. The molecule has 0 amide bonds. The van der Waals surface area contributed by atoms with E-state index in [0.717, 1.165) is 17.6 Å². The summed E-state index contributed by atoms with van der Waals surface area (Å²) in [6.07, 6.45) is 6.63. The maximum Gasteiger partial charge on any atom is -0.0236 e. The molecule has 0 aliphatic rings. The zero-order chi connectivity index (χ0) is 7.98. The highest BCUT2D eigenvalue weighted by molar-refractivity contribution is 5.42. The summed E-state index contributed by atoms with van der Waals surface area (Å²) in [5, 5.41) is 0. The van der Waals surface area contributed by atoms with Crippen LogP contribution in [0.5, 0.6) is 0 Å². The quantitative estimate of drug-likeness (QED) is 0.518. The smallest absolute Gasteiger partial charge is 0.0236 e. The van der Waals surface area contributed by atoms with E-state index in [-0.39, 0.29) is 0 Å². The van der Waals surface area contributed by atoms with E-state index in [1.165, 1.54) is 0 Å². The van der Waals surface area contributed by atoms with Crippen LogP contribution in [-0.4, -0.2) is 0 Å². The van der Waals surface area contributed by atoms with Gasteiger partial charge in [0.05, 0.1) is 0 Å². The Morgan fingerprint density at radius 1 is 1.30 bits per heavy atom. The maximum absolute atomic E-state index is 3.81. The second-order valence-corrected chi connectivity index (χ2v) is 2.00. The van der Waals surface area contributed by atoms with Crippen molar-refractivity contribution >= 4 is 0 Å². The predicted octanol–water partition coefficient (Wildman–Crippen LogP) is 3.25. The SMILES string of the molecule is C=CC(=C)/C(C=C)=C\CC. The summed E-state index contributed by atoms with van der Waals surface area (Å²) in [6, 6.07) is 0. The Hall–Kier alpha value is -1.04. The lowest BCUT2D eigenvalue weighted by Crippen LogP contribution is -1.78. The van der Waals surface area contributed by atoms with Gasteiger partial charge >= 0.3 is 0 Å². The first-order chi connectivity index (χ1) is 4.76. The lowest BCUT2D eigenvalue weighted by Gasteiger charge is -1.98. The normalized spacial score (nSPS) is 10.7. The van der Waals surface area contributed by atoms with Crippen LogP contribution < -0.4 is 0 Å². The standard InChI is InChI=1S/C10H14/c1-5-8-10(7-3)9(4)6-2/h6-8H,2-5H2,1H3/b10-8-. The molecule has 0 aliphatic carbocycles. The van der Waals surface area contributed by atoms with E-state index < -0.39 is 0 Å². The number of rotatable bonds is 4. The lowest BCUT2D eigenvalue weighted by molar-refractivity contribution is 1.21. The van der Waals surface area contributed by atoms with Gasteiger partial charge in [0, 0.05) is 0 Å². The van der Waals surface area contributed by atoms with Crippen molar-refractivity contribution in [3.05, 3.63) is 49.1 Å². The zero-order valence-electron chi connectivity index (χ0n) is 6.56. The molecule has 0 bridgehead atoms. The molecule has 0 saturated carbocycles. The van der Waals surface area contributed by atoms with Crippen LogP contribution >= 0.6 is 0 Å². The number of hydrogen-bond donors (Lipinski definition) is 0. The molecule has 0 aromatic rings. The van der Waals surface area contributed by atoms with E-state index in [1.54, 1.807) is 12.2 Å². The third kappa shape index (κ3) is 2.49. The van der Waals surface area contributed by atoms with E-state index in [1.807, 2.05) is 0 Å². The van der Waals surface area contributed by atoms with Gasteiger partial charge in [0.1, 0.15) is 0 Å². The van der Waals surface area contributed by atoms with E-state index in [0.29, 0.717) is 0 Å². The topological polar surface area (TPSA) is 0 Å². The summed E-state index contributed by atoms with van der Waals surface area (Å²) in [6.45, 7) is 13.2. The van der Waals surface area contributed by atoms with Crippen molar-refractivity contribution in [1.29, 1.82) is 0 Å². The highest BCUT2D eigenvalue weighted by Gasteiger charge is 1.89. The van der Waals surface area contributed by atoms with Crippen molar-refractivity contribution in [2.45, 2.75) is 13.3 Å². The fourth-order valence-electron chi connectivity index (χ4n) is 0.683. The molecule has 54 valence electrons. The summed E-state index contributed by atoms with van der Waals surface area (Å²) in [5.74, 6) is 0. The number of allylic oxidation sites excluding steroid dienone is 5. The fourth-order valence-corrected chi connectivity index (χ4v) is 0.683. The van der Waals surface area contributed by atoms with Crippen LogP contribution in [-0.2, 0) is 0 Å². The first-order valence-electron chi connectivity index (χ1n) is 3.40. The van der Waals surface area contributed by atoms with Crippen molar-refractivity contribution in [1.82, 2.24) is 0 Å². The van der Waals surface area contributed by atoms with E-state index in [9.17, 15) is 0 Å². The second kappa shape index (κ2) is 4.80. The van der Waals surface area contributed by atoms with Crippen LogP contribution in [0.4, 0.5) is 0 Å². The van der Waals surface area contributed by atoms with Gasteiger partial charge in [-0.25, -0.2) is 0 Å². The molecule has 0 N–H and O–H groups in total. The Balaban J connectivity index is 4.34. The minimum atomic E-state index is 0.942. The van der Waals surface area contributed by atoms with Crippen LogP contribution in [0.3, 0.4) is 0 Å². The highest BCUT2D eigenvalue weighted by Crippen LogP contribution is 2.09. The van der Waals surface area contributed by atoms with Gasteiger partial charge in [0.15, 0.2) is 0 Å². The summed E-state index contributed by atoms with van der Waals surface area (Å²) in [5.41, 5.74) is 2.02. The fraction of sp³-hybridized carbons (Fsp3) is 0.200. The van der Waals surface area contributed by atoms with Gasteiger partial charge < -0.3 is 0 Å². The van der Waals surface area contributed by atoms with Crippen LogP contribution in [0.25, 0.3) is 0 Å². The lowest BCUT2D eigenvalue weighted by atomic mass is 10.1. The molecule has 0 nitrogen and oxygen atoms in total. The second-order valence-electron chi connectivity index (χ2n) is 2.00. The maximum atomic E-state index is 3.81. The molecule has 0 unspecified atom stereocenters. The van der Waals surface area contributed by atoms with Crippen LogP contribution in [0.15, 0.2) is 49.1 Å². The minimum absolute atomic E-state index is 0.942. The van der Waals surface area contributed by atoms with Gasteiger partial charge in [0.2, 0.25) is 0 Å². The Kier molecular flexibility index (Phi) is 4.30. The largest absolute Gasteiger partial charge is 0.0985 e. The molecule has 0 saturated heterocycles. The van der Waals surface area contributed by atoms with E-state index in [2.05, 4.69) is 32.7 Å². The Morgan fingerprint density at radius 3 is 2.20 bits per heavy atom. The third-order valence-corrected chi connectivity index (χ3v) is 1.26. The van der Waals surface area contributed by atoms with E-state index in [4.69, 9.17) is 0 Å². The average Bonchev–Trinajstić information content (AvgIpc) is 1.99. The molecular formula is C10H14. The van der Waals surface area contributed by atoms with Crippen molar-refractivity contribution < 1.29 is 0 Å². The van der Waals surface area contributed by atoms with Crippen molar-refractivity contribution in [3.8, 4) is 0 Å². The first kappa shape index (κ1) is 8.96. The summed E-state index contributed by atoms with van der Waals surface area (Å²) < 4.78 is 0. The predicted molar refractivity (Wildman–Crippen MR) is 47.9 cm³/mol.